The summed E-state index contributed by atoms with van der Waals surface area (Å²) in [6.07, 6.45) is 0. The van der Waals surface area contributed by atoms with Crippen LogP contribution >= 0.6 is 0 Å². The molecule has 4 nitrogen and oxygen atoms in total. The maximum absolute atomic E-state index is 13.4. The van der Waals surface area contributed by atoms with E-state index in [0.29, 0.717) is 28.1 Å². The second kappa shape index (κ2) is 6.02. The van der Waals surface area contributed by atoms with Gasteiger partial charge in [-0.25, -0.2) is 4.39 Å². The van der Waals surface area contributed by atoms with E-state index in [1.807, 2.05) is 12.1 Å². The van der Waals surface area contributed by atoms with Gasteiger partial charge in [-0.1, -0.05) is 36.4 Å². The second-order valence-electron chi connectivity index (χ2n) is 6.42. The molecule has 5 heteroatoms. The number of ether oxygens (including phenoxy) is 1. The van der Waals surface area contributed by atoms with Gasteiger partial charge < -0.3 is 4.74 Å². The highest BCUT2D eigenvalue weighted by molar-refractivity contribution is 6.24. The Morgan fingerprint density at radius 3 is 2.38 bits per heavy atom. The van der Waals surface area contributed by atoms with Crippen LogP contribution in [0.2, 0.25) is 0 Å². The van der Waals surface area contributed by atoms with Gasteiger partial charge in [-0.2, -0.15) is 0 Å². The van der Waals surface area contributed by atoms with Gasteiger partial charge in [0.1, 0.15) is 11.7 Å². The van der Waals surface area contributed by atoms with E-state index in [1.54, 1.807) is 31.2 Å². The molecule has 0 bridgehead atoms. The van der Waals surface area contributed by atoms with E-state index < -0.39 is 17.8 Å². The maximum atomic E-state index is 13.4. The van der Waals surface area contributed by atoms with Crippen LogP contribution in [0.4, 0.5) is 4.39 Å². The average Bonchev–Trinajstić information content (AvgIpc) is 2.93. The Morgan fingerprint density at radius 2 is 1.73 bits per heavy atom. The summed E-state index contributed by atoms with van der Waals surface area (Å²) < 4.78 is 18.4. The first-order chi connectivity index (χ1) is 12.5. The summed E-state index contributed by atoms with van der Waals surface area (Å²) >= 11 is 0. The summed E-state index contributed by atoms with van der Waals surface area (Å²) in [7, 11) is 1.31. The Labute approximate surface area is 150 Å². The number of allylic oxidation sites excluding steroid dienone is 1. The van der Waals surface area contributed by atoms with Gasteiger partial charge >= 0.3 is 5.97 Å². The molecule has 2 atom stereocenters. The molecular formula is C21H16FNO3. The Morgan fingerprint density at radius 1 is 1.08 bits per heavy atom. The van der Waals surface area contributed by atoms with E-state index in [1.165, 1.54) is 19.2 Å². The summed E-state index contributed by atoms with van der Waals surface area (Å²) in [4.78, 5) is 30.2. The number of aliphatic imine (C=N–C) groups is 1. The highest BCUT2D eigenvalue weighted by Gasteiger charge is 2.45. The molecule has 0 saturated heterocycles. The van der Waals surface area contributed by atoms with Crippen LogP contribution in [-0.2, 0) is 9.53 Å². The number of fused-ring (bicyclic) bond motifs is 2. The molecule has 130 valence electrons. The predicted molar refractivity (Wildman–Crippen MR) is 95.4 cm³/mol. The summed E-state index contributed by atoms with van der Waals surface area (Å²) in [6, 6.07) is 13.1. The fraction of sp³-hybridized carbons (Fsp3) is 0.190. The Kier molecular flexibility index (Phi) is 3.80. The molecule has 0 aromatic heterocycles. The van der Waals surface area contributed by atoms with Crippen molar-refractivity contribution in [3.63, 3.8) is 0 Å². The summed E-state index contributed by atoms with van der Waals surface area (Å²) in [5.74, 6) is -2.26. The van der Waals surface area contributed by atoms with Crippen LogP contribution in [-0.4, -0.2) is 24.6 Å². The molecular weight excluding hydrogens is 333 g/mol. The molecule has 0 N–H and O–H groups in total. The standard InChI is InChI=1S/C21H16FNO3/c1-11-16(21(25)26-2)17(12-7-9-13(22)10-8-12)18-19(23-11)14-5-3-4-6-15(14)20(18)24/h3-10,16-17H,1-2H3/t16?,17-/m0/s1. The second-order valence-corrected chi connectivity index (χ2v) is 6.42. The molecule has 4 rings (SSSR count). The number of ketones is 1. The van der Waals surface area contributed by atoms with E-state index in [0.717, 1.165) is 5.56 Å². The first-order valence-electron chi connectivity index (χ1n) is 8.29. The van der Waals surface area contributed by atoms with Crippen LogP contribution in [0, 0.1) is 11.7 Å². The molecule has 26 heavy (non-hydrogen) atoms. The molecule has 2 aliphatic rings. The number of nitrogens with zero attached hydrogens (tertiary/aromatic N) is 1. The Bertz CT molecular complexity index is 989. The van der Waals surface area contributed by atoms with Gasteiger partial charge in [0.25, 0.3) is 0 Å². The number of Topliss-reactive ketones (excluding diaryl/α,β-unsaturated/α-hetero) is 1. The number of methoxy groups -OCH3 is 1. The molecule has 2 aromatic rings. The third-order valence-electron chi connectivity index (χ3n) is 4.99. The molecule has 0 spiro atoms. The SMILES string of the molecule is COC(=O)C1C(C)=NC2=C(C(=O)c3ccccc32)[C@H]1c1ccc(F)cc1. The number of carbonyl (C=O) groups is 2. The van der Waals surface area contributed by atoms with Crippen molar-refractivity contribution in [3.05, 3.63) is 76.6 Å². The van der Waals surface area contributed by atoms with Crippen molar-refractivity contribution in [1.82, 2.24) is 0 Å². The lowest BCUT2D eigenvalue weighted by atomic mass is 9.75. The number of benzene rings is 2. The fourth-order valence-electron chi connectivity index (χ4n) is 3.81. The molecule has 1 aliphatic heterocycles. The fourth-order valence-corrected chi connectivity index (χ4v) is 3.81. The summed E-state index contributed by atoms with van der Waals surface area (Å²) in [6.45, 7) is 1.76. The van der Waals surface area contributed by atoms with Crippen LogP contribution in [0.3, 0.4) is 0 Å². The van der Waals surface area contributed by atoms with E-state index in [-0.39, 0.29) is 11.6 Å². The number of halogens is 1. The highest BCUT2D eigenvalue weighted by Crippen LogP contribution is 2.47. The molecule has 2 aromatic carbocycles. The van der Waals surface area contributed by atoms with Gasteiger partial charge in [-0.3, -0.25) is 14.6 Å². The van der Waals surface area contributed by atoms with Crippen molar-refractivity contribution in [2.75, 3.05) is 7.11 Å². The van der Waals surface area contributed by atoms with Crippen molar-refractivity contribution >= 4 is 23.2 Å². The Balaban J connectivity index is 1.95. The van der Waals surface area contributed by atoms with Crippen LogP contribution in [0.25, 0.3) is 5.70 Å². The number of hydrogen-bond donors (Lipinski definition) is 0. The minimum absolute atomic E-state index is 0.143. The monoisotopic (exact) mass is 349 g/mol. The number of rotatable bonds is 2. The van der Waals surface area contributed by atoms with Crippen LogP contribution in [0.5, 0.6) is 0 Å². The zero-order chi connectivity index (χ0) is 18.4. The van der Waals surface area contributed by atoms with Crippen molar-refractivity contribution in [2.45, 2.75) is 12.8 Å². The molecule has 0 fully saturated rings. The highest BCUT2D eigenvalue weighted by atomic mass is 19.1. The third kappa shape index (κ3) is 2.31. The summed E-state index contributed by atoms with van der Waals surface area (Å²) in [5.41, 5.74) is 3.67. The largest absolute Gasteiger partial charge is 0.468 e. The molecule has 0 amide bonds. The molecule has 1 unspecified atom stereocenters. The van der Waals surface area contributed by atoms with Gasteiger partial charge in [0.15, 0.2) is 5.78 Å². The average molecular weight is 349 g/mol. The lowest BCUT2D eigenvalue weighted by Crippen LogP contribution is -2.34. The zero-order valence-electron chi connectivity index (χ0n) is 14.3. The van der Waals surface area contributed by atoms with Gasteiger partial charge in [0, 0.05) is 28.3 Å². The normalized spacial score (nSPS) is 21.2. The number of carbonyl (C=O) groups excluding carboxylic acids is 2. The van der Waals surface area contributed by atoms with Gasteiger partial charge in [-0.05, 0) is 24.6 Å². The molecule has 1 aliphatic carbocycles. The first-order valence-corrected chi connectivity index (χ1v) is 8.29. The smallest absolute Gasteiger partial charge is 0.315 e. The minimum Gasteiger partial charge on any atom is -0.468 e. The van der Waals surface area contributed by atoms with Crippen LogP contribution in [0.1, 0.15) is 34.3 Å². The number of esters is 1. The van der Waals surface area contributed by atoms with Gasteiger partial charge in [0.2, 0.25) is 0 Å². The third-order valence-corrected chi connectivity index (χ3v) is 4.99. The van der Waals surface area contributed by atoms with Crippen molar-refractivity contribution < 1.29 is 18.7 Å². The van der Waals surface area contributed by atoms with E-state index >= 15 is 0 Å². The van der Waals surface area contributed by atoms with Crippen molar-refractivity contribution in [1.29, 1.82) is 0 Å². The lowest BCUT2D eigenvalue weighted by Gasteiger charge is -2.30. The van der Waals surface area contributed by atoms with Gasteiger partial charge in [0.05, 0.1) is 12.8 Å². The minimum atomic E-state index is -0.720. The summed E-state index contributed by atoms with van der Waals surface area (Å²) in [5, 5.41) is 0. The van der Waals surface area contributed by atoms with Crippen molar-refractivity contribution in [2.24, 2.45) is 10.9 Å². The Hall–Kier alpha value is -3.08. The topological polar surface area (TPSA) is 55.7 Å². The van der Waals surface area contributed by atoms with Crippen molar-refractivity contribution in [3.8, 4) is 0 Å². The van der Waals surface area contributed by atoms with Crippen LogP contribution in [0.15, 0.2) is 59.1 Å². The zero-order valence-corrected chi connectivity index (χ0v) is 14.3. The van der Waals surface area contributed by atoms with E-state index in [4.69, 9.17) is 4.74 Å². The molecule has 0 radical (unpaired) electrons. The molecule has 1 heterocycles. The van der Waals surface area contributed by atoms with Gasteiger partial charge in [-0.15, -0.1) is 0 Å². The lowest BCUT2D eigenvalue weighted by molar-refractivity contribution is -0.143. The quantitative estimate of drug-likeness (QED) is 0.776. The van der Waals surface area contributed by atoms with E-state index in [9.17, 15) is 14.0 Å². The van der Waals surface area contributed by atoms with E-state index in [2.05, 4.69) is 4.99 Å². The first kappa shape index (κ1) is 16.4. The predicted octanol–water partition coefficient (Wildman–Crippen LogP) is 3.78. The maximum Gasteiger partial charge on any atom is 0.315 e. The molecule has 0 saturated carbocycles. The van der Waals surface area contributed by atoms with Crippen LogP contribution < -0.4 is 0 Å². The number of hydrogen-bond acceptors (Lipinski definition) is 4.